The molecule has 0 bridgehead atoms. The molecule has 0 spiro atoms. The highest BCUT2D eigenvalue weighted by Crippen LogP contribution is 2.24. The average molecular weight is 285 g/mol. The maximum Gasteiger partial charge on any atom is 0.277 e. The summed E-state index contributed by atoms with van der Waals surface area (Å²) in [5.41, 5.74) is 1.65. The molecule has 6 heteroatoms. The van der Waals surface area contributed by atoms with Crippen molar-refractivity contribution in [1.29, 1.82) is 0 Å². The first kappa shape index (κ1) is 13.4. The van der Waals surface area contributed by atoms with E-state index >= 15 is 0 Å². The molecular formula is C15H15N3O3. The summed E-state index contributed by atoms with van der Waals surface area (Å²) in [5, 5.41) is 6.42. The van der Waals surface area contributed by atoms with E-state index in [4.69, 9.17) is 4.52 Å². The summed E-state index contributed by atoms with van der Waals surface area (Å²) >= 11 is 0. The normalized spacial score (nSPS) is 14.5. The zero-order valence-corrected chi connectivity index (χ0v) is 11.6. The van der Waals surface area contributed by atoms with Gasteiger partial charge in [0.1, 0.15) is 5.76 Å². The molecule has 1 fully saturated rings. The molecule has 1 aromatic heterocycles. The number of carbonyl (C=O) groups is 2. The van der Waals surface area contributed by atoms with Crippen molar-refractivity contribution in [1.82, 2.24) is 5.16 Å². The Kier molecular flexibility index (Phi) is 3.43. The molecule has 6 nitrogen and oxygen atoms in total. The molecule has 1 aliphatic rings. The molecule has 2 amide bonds. The fourth-order valence-corrected chi connectivity index (χ4v) is 2.34. The molecule has 0 aliphatic carbocycles. The van der Waals surface area contributed by atoms with E-state index in [1.165, 1.54) is 0 Å². The summed E-state index contributed by atoms with van der Waals surface area (Å²) in [6.07, 6.45) is 1.45. The lowest BCUT2D eigenvalue weighted by molar-refractivity contribution is -0.117. The highest BCUT2D eigenvalue weighted by Gasteiger charge is 2.22. The highest BCUT2D eigenvalue weighted by molar-refractivity contribution is 6.03. The lowest BCUT2D eigenvalue weighted by Crippen LogP contribution is -2.23. The van der Waals surface area contributed by atoms with Crippen molar-refractivity contribution in [3.8, 4) is 0 Å². The van der Waals surface area contributed by atoms with Crippen molar-refractivity contribution < 1.29 is 14.1 Å². The second-order valence-electron chi connectivity index (χ2n) is 4.98. The number of aromatic nitrogens is 1. The van der Waals surface area contributed by atoms with Crippen LogP contribution in [0.25, 0.3) is 0 Å². The summed E-state index contributed by atoms with van der Waals surface area (Å²) < 4.78 is 4.88. The van der Waals surface area contributed by atoms with Crippen molar-refractivity contribution >= 4 is 23.2 Å². The molecule has 108 valence electrons. The predicted octanol–water partition coefficient (Wildman–Crippen LogP) is 2.36. The number of carbonyl (C=O) groups excluding carboxylic acids is 2. The Hall–Kier alpha value is -2.63. The summed E-state index contributed by atoms with van der Waals surface area (Å²) in [4.78, 5) is 25.5. The maximum atomic E-state index is 12.0. The monoisotopic (exact) mass is 285 g/mol. The van der Waals surface area contributed by atoms with Gasteiger partial charge in [0, 0.05) is 30.4 Å². The van der Waals surface area contributed by atoms with Crippen LogP contribution < -0.4 is 10.2 Å². The lowest BCUT2D eigenvalue weighted by atomic mass is 10.2. The number of aryl methyl sites for hydroxylation is 1. The Bertz CT molecular complexity index is 693. The van der Waals surface area contributed by atoms with Crippen LogP contribution >= 0.6 is 0 Å². The van der Waals surface area contributed by atoms with Gasteiger partial charge in [0.25, 0.3) is 5.91 Å². The minimum Gasteiger partial charge on any atom is -0.361 e. The number of anilines is 2. The van der Waals surface area contributed by atoms with Gasteiger partial charge in [-0.2, -0.15) is 0 Å². The van der Waals surface area contributed by atoms with Crippen LogP contribution in [0.15, 0.2) is 34.9 Å². The lowest BCUT2D eigenvalue weighted by Gasteiger charge is -2.16. The number of hydrogen-bond acceptors (Lipinski definition) is 4. The first-order valence-electron chi connectivity index (χ1n) is 6.78. The van der Waals surface area contributed by atoms with E-state index in [2.05, 4.69) is 10.5 Å². The molecule has 2 heterocycles. The SMILES string of the molecule is Cc1cc(C(=O)Nc2cccc(N3CCCC3=O)c2)no1. The van der Waals surface area contributed by atoms with Crippen LogP contribution in [0.2, 0.25) is 0 Å². The molecule has 2 aromatic rings. The quantitative estimate of drug-likeness (QED) is 0.939. The molecule has 1 aliphatic heterocycles. The van der Waals surface area contributed by atoms with E-state index in [0.29, 0.717) is 17.9 Å². The molecule has 1 N–H and O–H groups in total. The fraction of sp³-hybridized carbons (Fsp3) is 0.267. The van der Waals surface area contributed by atoms with E-state index in [0.717, 1.165) is 18.7 Å². The van der Waals surface area contributed by atoms with Crippen LogP contribution in [0.1, 0.15) is 29.1 Å². The fourth-order valence-electron chi connectivity index (χ4n) is 2.34. The van der Waals surface area contributed by atoms with E-state index in [9.17, 15) is 9.59 Å². The van der Waals surface area contributed by atoms with Gasteiger partial charge < -0.3 is 14.7 Å². The van der Waals surface area contributed by atoms with Crippen LogP contribution in [0.4, 0.5) is 11.4 Å². The van der Waals surface area contributed by atoms with Crippen molar-refractivity contribution in [2.75, 3.05) is 16.8 Å². The van der Waals surface area contributed by atoms with Gasteiger partial charge in [-0.05, 0) is 31.5 Å². The number of nitrogens with one attached hydrogen (secondary N) is 1. The van der Waals surface area contributed by atoms with Crippen LogP contribution in [0.5, 0.6) is 0 Å². The van der Waals surface area contributed by atoms with E-state index in [-0.39, 0.29) is 17.5 Å². The van der Waals surface area contributed by atoms with Crippen molar-refractivity contribution in [2.45, 2.75) is 19.8 Å². The zero-order chi connectivity index (χ0) is 14.8. The third kappa shape index (κ3) is 2.79. The van der Waals surface area contributed by atoms with E-state index in [1.807, 2.05) is 12.1 Å². The molecule has 21 heavy (non-hydrogen) atoms. The topological polar surface area (TPSA) is 75.4 Å². The Balaban J connectivity index is 1.77. The molecule has 1 saturated heterocycles. The van der Waals surface area contributed by atoms with Crippen molar-refractivity contribution in [3.63, 3.8) is 0 Å². The molecule has 0 atom stereocenters. The molecular weight excluding hydrogens is 270 g/mol. The van der Waals surface area contributed by atoms with E-state index < -0.39 is 0 Å². The van der Waals surface area contributed by atoms with Gasteiger partial charge in [0.2, 0.25) is 5.91 Å². The summed E-state index contributed by atoms with van der Waals surface area (Å²) in [6, 6.07) is 8.80. The Morgan fingerprint density at radius 3 is 2.90 bits per heavy atom. The van der Waals surface area contributed by atoms with Crippen molar-refractivity contribution in [2.24, 2.45) is 0 Å². The van der Waals surface area contributed by atoms with E-state index in [1.54, 1.807) is 30.0 Å². The second kappa shape index (κ2) is 5.40. The average Bonchev–Trinajstić information content (AvgIpc) is 3.08. The summed E-state index contributed by atoms with van der Waals surface area (Å²) in [6.45, 7) is 2.45. The number of benzene rings is 1. The van der Waals surface area contributed by atoms with Crippen LogP contribution in [-0.2, 0) is 4.79 Å². The maximum absolute atomic E-state index is 12.0. The Labute approximate surface area is 121 Å². The summed E-state index contributed by atoms with van der Waals surface area (Å²) in [5.74, 6) is 0.360. The minimum absolute atomic E-state index is 0.116. The predicted molar refractivity (Wildman–Crippen MR) is 77.2 cm³/mol. The first-order chi connectivity index (χ1) is 10.1. The third-order valence-corrected chi connectivity index (χ3v) is 3.35. The molecule has 3 rings (SSSR count). The third-order valence-electron chi connectivity index (χ3n) is 3.35. The van der Waals surface area contributed by atoms with Gasteiger partial charge in [0.05, 0.1) is 0 Å². The van der Waals surface area contributed by atoms with Crippen molar-refractivity contribution in [3.05, 3.63) is 41.8 Å². The Morgan fingerprint density at radius 2 is 2.24 bits per heavy atom. The van der Waals surface area contributed by atoms with Gasteiger partial charge >= 0.3 is 0 Å². The molecule has 0 radical (unpaired) electrons. The summed E-state index contributed by atoms with van der Waals surface area (Å²) in [7, 11) is 0. The van der Waals surface area contributed by atoms with Crippen LogP contribution in [-0.4, -0.2) is 23.5 Å². The number of rotatable bonds is 3. The second-order valence-corrected chi connectivity index (χ2v) is 4.98. The smallest absolute Gasteiger partial charge is 0.277 e. The number of amides is 2. The molecule has 0 unspecified atom stereocenters. The van der Waals surface area contributed by atoms with Gasteiger partial charge in [-0.3, -0.25) is 9.59 Å². The van der Waals surface area contributed by atoms with Crippen LogP contribution in [0, 0.1) is 6.92 Å². The van der Waals surface area contributed by atoms with Gasteiger partial charge in [0.15, 0.2) is 5.69 Å². The van der Waals surface area contributed by atoms with Gasteiger partial charge in [-0.1, -0.05) is 11.2 Å². The zero-order valence-electron chi connectivity index (χ0n) is 11.6. The standard InChI is InChI=1S/C15H15N3O3/c1-10-8-13(17-21-10)15(20)16-11-4-2-5-12(9-11)18-7-3-6-14(18)19/h2,4-5,8-9H,3,6-7H2,1H3,(H,16,20). The largest absolute Gasteiger partial charge is 0.361 e. The molecule has 1 aromatic carbocycles. The Morgan fingerprint density at radius 1 is 1.38 bits per heavy atom. The van der Waals surface area contributed by atoms with Gasteiger partial charge in [-0.25, -0.2) is 0 Å². The van der Waals surface area contributed by atoms with Crippen LogP contribution in [0.3, 0.4) is 0 Å². The number of nitrogens with zero attached hydrogens (tertiary/aromatic N) is 2. The number of hydrogen-bond donors (Lipinski definition) is 1. The van der Waals surface area contributed by atoms with Gasteiger partial charge in [-0.15, -0.1) is 0 Å². The first-order valence-corrected chi connectivity index (χ1v) is 6.78. The highest BCUT2D eigenvalue weighted by atomic mass is 16.5. The minimum atomic E-state index is -0.336. The molecule has 0 saturated carbocycles.